The SMILES string of the molecule is CS(=O)(=O)c1ccc(OB(O)O)cn1. The van der Waals surface area contributed by atoms with Crippen LogP contribution in [-0.4, -0.2) is 37.0 Å². The van der Waals surface area contributed by atoms with E-state index in [-0.39, 0.29) is 10.8 Å². The normalized spacial score (nSPS) is 11.1. The maximum atomic E-state index is 11.0. The highest BCUT2D eigenvalue weighted by atomic mass is 32.2. The number of hydrogen-bond donors (Lipinski definition) is 2. The monoisotopic (exact) mass is 217 g/mol. The minimum absolute atomic E-state index is 0.0763. The first kappa shape index (κ1) is 11.0. The lowest BCUT2D eigenvalue weighted by molar-refractivity contribution is 0.287. The van der Waals surface area contributed by atoms with Crippen LogP contribution in [-0.2, 0) is 9.84 Å². The van der Waals surface area contributed by atoms with Gasteiger partial charge in [-0.05, 0) is 12.1 Å². The van der Waals surface area contributed by atoms with Crippen molar-refractivity contribution in [1.29, 1.82) is 0 Å². The summed E-state index contributed by atoms with van der Waals surface area (Å²) in [5.41, 5.74) is 0. The van der Waals surface area contributed by atoms with Crippen LogP contribution in [0.4, 0.5) is 0 Å². The lowest BCUT2D eigenvalue weighted by Gasteiger charge is -2.03. The Bertz CT molecular complexity index is 401. The van der Waals surface area contributed by atoms with Gasteiger partial charge >= 0.3 is 7.32 Å². The van der Waals surface area contributed by atoms with Crippen LogP contribution < -0.4 is 4.65 Å². The highest BCUT2D eigenvalue weighted by Gasteiger charge is 2.13. The third-order valence-electron chi connectivity index (χ3n) is 1.33. The number of pyridine rings is 1. The van der Waals surface area contributed by atoms with Gasteiger partial charge in [-0.2, -0.15) is 0 Å². The summed E-state index contributed by atoms with van der Waals surface area (Å²) >= 11 is 0. The standard InChI is InChI=1S/C6H8BNO5S/c1-14(11,12)6-3-2-5(4-8-6)13-7(9)10/h2-4,9-10H,1H3. The van der Waals surface area contributed by atoms with Crippen molar-refractivity contribution in [2.24, 2.45) is 0 Å². The van der Waals surface area contributed by atoms with Gasteiger partial charge < -0.3 is 14.7 Å². The molecule has 0 aliphatic carbocycles. The first-order valence-electron chi connectivity index (χ1n) is 3.58. The van der Waals surface area contributed by atoms with E-state index in [0.717, 1.165) is 12.5 Å². The highest BCUT2D eigenvalue weighted by Crippen LogP contribution is 2.12. The molecule has 0 atom stereocenters. The van der Waals surface area contributed by atoms with Gasteiger partial charge in [0.1, 0.15) is 5.75 Å². The smallest absolute Gasteiger partial charge is 0.511 e. The summed E-state index contributed by atoms with van der Waals surface area (Å²) in [7, 11) is -5.28. The van der Waals surface area contributed by atoms with Crippen molar-refractivity contribution < 1.29 is 23.1 Å². The van der Waals surface area contributed by atoms with Crippen molar-refractivity contribution >= 4 is 17.2 Å². The average molecular weight is 217 g/mol. The van der Waals surface area contributed by atoms with Gasteiger partial charge in [-0.25, -0.2) is 13.4 Å². The van der Waals surface area contributed by atoms with Crippen molar-refractivity contribution in [2.45, 2.75) is 5.03 Å². The number of hydrogen-bond acceptors (Lipinski definition) is 6. The zero-order valence-electron chi connectivity index (χ0n) is 7.28. The lowest BCUT2D eigenvalue weighted by atomic mass is 10.2. The van der Waals surface area contributed by atoms with E-state index >= 15 is 0 Å². The zero-order valence-corrected chi connectivity index (χ0v) is 8.10. The van der Waals surface area contributed by atoms with E-state index in [1.165, 1.54) is 12.1 Å². The predicted molar refractivity (Wildman–Crippen MR) is 48.2 cm³/mol. The van der Waals surface area contributed by atoms with Crippen molar-refractivity contribution in [2.75, 3.05) is 6.26 Å². The van der Waals surface area contributed by atoms with Gasteiger partial charge in [-0.3, -0.25) is 0 Å². The lowest BCUT2D eigenvalue weighted by Crippen LogP contribution is -2.20. The molecule has 1 rings (SSSR count). The Morgan fingerprint density at radius 2 is 2.07 bits per heavy atom. The van der Waals surface area contributed by atoms with Gasteiger partial charge in [0.2, 0.25) is 0 Å². The molecule has 76 valence electrons. The molecule has 14 heavy (non-hydrogen) atoms. The summed E-state index contributed by atoms with van der Waals surface area (Å²) in [4.78, 5) is 3.57. The minimum atomic E-state index is -3.34. The summed E-state index contributed by atoms with van der Waals surface area (Å²) in [6.45, 7) is 0. The Morgan fingerprint density at radius 1 is 1.43 bits per heavy atom. The van der Waals surface area contributed by atoms with Crippen molar-refractivity contribution in [1.82, 2.24) is 4.98 Å². The number of rotatable bonds is 3. The predicted octanol–water partition coefficient (Wildman–Crippen LogP) is -1.17. The van der Waals surface area contributed by atoms with Crippen LogP contribution in [0.1, 0.15) is 0 Å². The molecule has 0 amide bonds. The Labute approximate surface area is 81.3 Å². The van der Waals surface area contributed by atoms with Crippen molar-refractivity contribution in [3.05, 3.63) is 18.3 Å². The van der Waals surface area contributed by atoms with Gasteiger partial charge in [0.15, 0.2) is 14.9 Å². The zero-order chi connectivity index (χ0) is 10.8. The van der Waals surface area contributed by atoms with E-state index in [2.05, 4.69) is 9.64 Å². The largest absolute Gasteiger partial charge is 0.707 e. The van der Waals surface area contributed by atoms with Crippen LogP contribution in [0.3, 0.4) is 0 Å². The molecule has 1 aromatic heterocycles. The van der Waals surface area contributed by atoms with E-state index in [9.17, 15) is 8.42 Å². The summed E-state index contributed by atoms with van der Waals surface area (Å²) in [6, 6.07) is 2.50. The van der Waals surface area contributed by atoms with E-state index < -0.39 is 17.2 Å². The fourth-order valence-electron chi connectivity index (χ4n) is 0.777. The Kier molecular flexibility index (Phi) is 3.09. The molecular weight excluding hydrogens is 209 g/mol. The van der Waals surface area contributed by atoms with Gasteiger partial charge in [0, 0.05) is 6.26 Å². The van der Waals surface area contributed by atoms with Gasteiger partial charge in [-0.1, -0.05) is 0 Å². The van der Waals surface area contributed by atoms with Crippen LogP contribution in [0.25, 0.3) is 0 Å². The molecular formula is C6H8BNO5S. The molecule has 0 aliphatic rings. The summed E-state index contributed by atoms with van der Waals surface area (Å²) in [6.07, 6.45) is 2.12. The maximum Gasteiger partial charge on any atom is 0.707 e. The molecule has 0 saturated carbocycles. The highest BCUT2D eigenvalue weighted by molar-refractivity contribution is 7.90. The quantitative estimate of drug-likeness (QED) is 0.619. The molecule has 0 bridgehead atoms. The molecule has 6 nitrogen and oxygen atoms in total. The Hall–Kier alpha value is -1.12. The van der Waals surface area contributed by atoms with E-state index in [1.54, 1.807) is 0 Å². The van der Waals surface area contributed by atoms with Crippen LogP contribution in [0.2, 0.25) is 0 Å². The van der Waals surface area contributed by atoms with Gasteiger partial charge in [0.25, 0.3) is 0 Å². The second kappa shape index (κ2) is 3.95. The van der Waals surface area contributed by atoms with Crippen LogP contribution in [0.5, 0.6) is 5.75 Å². The van der Waals surface area contributed by atoms with E-state index in [4.69, 9.17) is 10.0 Å². The van der Waals surface area contributed by atoms with Crippen molar-refractivity contribution in [3.63, 3.8) is 0 Å². The molecule has 2 N–H and O–H groups in total. The first-order chi connectivity index (χ1) is 6.39. The molecule has 0 radical (unpaired) electrons. The number of nitrogens with zero attached hydrogens (tertiary/aromatic N) is 1. The Morgan fingerprint density at radius 3 is 2.43 bits per heavy atom. The fourth-order valence-corrected chi connectivity index (χ4v) is 1.34. The molecule has 1 aromatic rings. The van der Waals surface area contributed by atoms with Gasteiger partial charge in [-0.15, -0.1) is 0 Å². The second-order valence-electron chi connectivity index (χ2n) is 2.55. The number of sulfone groups is 1. The van der Waals surface area contributed by atoms with Crippen molar-refractivity contribution in [3.8, 4) is 5.75 Å². The van der Waals surface area contributed by atoms with Gasteiger partial charge in [0.05, 0.1) is 6.20 Å². The molecule has 1 heterocycles. The van der Waals surface area contributed by atoms with E-state index in [1.807, 2.05) is 0 Å². The third-order valence-corrected chi connectivity index (χ3v) is 2.33. The van der Waals surface area contributed by atoms with Crippen LogP contribution in [0, 0.1) is 0 Å². The van der Waals surface area contributed by atoms with Crippen LogP contribution in [0.15, 0.2) is 23.4 Å². The number of aromatic nitrogens is 1. The second-order valence-corrected chi connectivity index (χ2v) is 4.51. The third kappa shape index (κ3) is 2.98. The molecule has 0 spiro atoms. The average Bonchev–Trinajstić information content (AvgIpc) is 2.02. The fraction of sp³-hybridized carbons (Fsp3) is 0.167. The topological polar surface area (TPSA) is 96.7 Å². The molecule has 0 unspecified atom stereocenters. The molecule has 0 aliphatic heterocycles. The minimum Gasteiger partial charge on any atom is -0.511 e. The molecule has 0 saturated heterocycles. The first-order valence-corrected chi connectivity index (χ1v) is 5.47. The summed E-state index contributed by atoms with van der Waals surface area (Å²) in [5.74, 6) is 0.0763. The van der Waals surface area contributed by atoms with E-state index in [0.29, 0.717) is 0 Å². The van der Waals surface area contributed by atoms with Crippen LogP contribution >= 0.6 is 0 Å². The molecule has 0 aromatic carbocycles. The summed E-state index contributed by atoms with van der Waals surface area (Å²) < 4.78 is 26.4. The molecule has 8 heteroatoms. The molecule has 0 fully saturated rings. The maximum absolute atomic E-state index is 11.0. The Balaban J connectivity index is 2.90. The summed E-state index contributed by atoms with van der Waals surface area (Å²) in [5, 5.41) is 16.7.